The second-order valence-electron chi connectivity index (χ2n) is 3.37. The number of methoxy groups -OCH3 is 1. The minimum atomic E-state index is -5.13. The van der Waals surface area contributed by atoms with Crippen molar-refractivity contribution < 1.29 is 41.0 Å². The number of hydrogen-bond donors (Lipinski definition) is 0. The molecule has 10 heteroatoms. The number of alkyl halides is 5. The zero-order chi connectivity index (χ0) is 16.2. The van der Waals surface area contributed by atoms with Crippen LogP contribution in [0.1, 0.15) is 15.9 Å². The van der Waals surface area contributed by atoms with Crippen molar-refractivity contribution in [1.29, 1.82) is 5.26 Å². The first-order valence-corrected chi connectivity index (χ1v) is 5.05. The van der Waals surface area contributed by atoms with E-state index in [1.165, 1.54) is 6.07 Å². The van der Waals surface area contributed by atoms with Gasteiger partial charge in [-0.05, 0) is 0 Å². The number of nitriles is 1. The van der Waals surface area contributed by atoms with Crippen LogP contribution in [0.25, 0.3) is 0 Å². The minimum Gasteiger partial charge on any atom is -0.465 e. The molecular weight excluding hydrogens is 305 g/mol. The average molecular weight is 311 g/mol. The number of esters is 1. The number of ether oxygens (including phenoxy) is 3. The van der Waals surface area contributed by atoms with E-state index < -0.39 is 41.6 Å². The van der Waals surface area contributed by atoms with Gasteiger partial charge in [0.05, 0.1) is 12.7 Å². The van der Waals surface area contributed by atoms with Crippen molar-refractivity contribution in [2.45, 2.75) is 13.0 Å². The molecule has 0 heterocycles. The predicted molar refractivity (Wildman–Crippen MR) is 55.8 cm³/mol. The molecule has 1 rings (SSSR count). The molecule has 0 unspecified atom stereocenters. The highest BCUT2D eigenvalue weighted by atomic mass is 19.4. The van der Waals surface area contributed by atoms with Crippen molar-refractivity contribution >= 4 is 5.97 Å². The van der Waals surface area contributed by atoms with Crippen LogP contribution in [0.3, 0.4) is 0 Å². The lowest BCUT2D eigenvalue weighted by atomic mass is 10.1. The van der Waals surface area contributed by atoms with Gasteiger partial charge in [0.15, 0.2) is 0 Å². The molecule has 114 valence electrons. The smallest absolute Gasteiger partial charge is 0.465 e. The number of halogens is 5. The fraction of sp³-hybridized carbons (Fsp3) is 0.273. The van der Waals surface area contributed by atoms with Crippen LogP contribution >= 0.6 is 0 Å². The summed E-state index contributed by atoms with van der Waals surface area (Å²) in [4.78, 5) is 11.4. The molecule has 1 aromatic rings. The normalized spacial score (nSPS) is 11.0. The molecule has 0 N–H and O–H groups in total. The summed E-state index contributed by atoms with van der Waals surface area (Å²) in [6.07, 6.45) is -5.13. The molecule has 0 aliphatic carbocycles. The van der Waals surface area contributed by atoms with Crippen molar-refractivity contribution in [3.63, 3.8) is 0 Å². The number of rotatable bonds is 4. The molecule has 5 nitrogen and oxygen atoms in total. The van der Waals surface area contributed by atoms with Gasteiger partial charge in [-0.15, -0.1) is 13.2 Å². The van der Waals surface area contributed by atoms with Gasteiger partial charge in [0.2, 0.25) is 0 Å². The second-order valence-corrected chi connectivity index (χ2v) is 3.37. The van der Waals surface area contributed by atoms with E-state index in [1.54, 1.807) is 0 Å². The van der Waals surface area contributed by atoms with Crippen molar-refractivity contribution in [2.75, 3.05) is 7.11 Å². The van der Waals surface area contributed by atoms with E-state index in [4.69, 9.17) is 5.26 Å². The topological polar surface area (TPSA) is 68.5 Å². The Hall–Kier alpha value is -2.57. The quantitative estimate of drug-likeness (QED) is 0.632. The van der Waals surface area contributed by atoms with Crippen LogP contribution in [-0.4, -0.2) is 26.1 Å². The van der Waals surface area contributed by atoms with Crippen LogP contribution in [0.5, 0.6) is 11.5 Å². The van der Waals surface area contributed by atoms with E-state index >= 15 is 0 Å². The summed E-state index contributed by atoms with van der Waals surface area (Å²) in [5, 5.41) is 8.70. The molecule has 0 aliphatic heterocycles. The first kappa shape index (κ1) is 16.5. The molecule has 1 aromatic carbocycles. The Balaban J connectivity index is 3.41. The summed E-state index contributed by atoms with van der Waals surface area (Å²) in [7, 11) is 0.886. The van der Waals surface area contributed by atoms with Crippen LogP contribution < -0.4 is 9.47 Å². The molecule has 21 heavy (non-hydrogen) atoms. The number of hydrogen-bond acceptors (Lipinski definition) is 5. The van der Waals surface area contributed by atoms with E-state index in [9.17, 15) is 26.7 Å². The van der Waals surface area contributed by atoms with E-state index in [0.29, 0.717) is 12.1 Å². The van der Waals surface area contributed by atoms with Gasteiger partial charge in [-0.2, -0.15) is 14.0 Å². The maximum absolute atomic E-state index is 12.2. The van der Waals surface area contributed by atoms with E-state index in [-0.39, 0.29) is 0 Å². The monoisotopic (exact) mass is 311 g/mol. The fourth-order valence-electron chi connectivity index (χ4n) is 1.32. The lowest BCUT2D eigenvalue weighted by Crippen LogP contribution is -2.19. The zero-order valence-electron chi connectivity index (χ0n) is 10.2. The average Bonchev–Trinajstić information content (AvgIpc) is 2.36. The van der Waals surface area contributed by atoms with Crippen molar-refractivity contribution in [3.8, 4) is 17.6 Å². The molecule has 0 aromatic heterocycles. The third-order valence-electron chi connectivity index (χ3n) is 2.05. The van der Waals surface area contributed by atoms with Crippen molar-refractivity contribution in [2.24, 2.45) is 0 Å². The molecule has 0 aliphatic rings. The van der Waals surface area contributed by atoms with Crippen LogP contribution in [-0.2, 0) is 4.74 Å². The van der Waals surface area contributed by atoms with E-state index in [0.717, 1.165) is 7.11 Å². The third kappa shape index (κ3) is 4.48. The summed E-state index contributed by atoms with van der Waals surface area (Å²) >= 11 is 0. The van der Waals surface area contributed by atoms with Crippen molar-refractivity contribution in [3.05, 3.63) is 23.3 Å². The Morgan fingerprint density at radius 2 is 1.90 bits per heavy atom. The Bertz CT molecular complexity index is 579. The summed E-state index contributed by atoms with van der Waals surface area (Å²) < 4.78 is 72.7. The predicted octanol–water partition coefficient (Wildman–Crippen LogP) is 2.84. The first-order valence-electron chi connectivity index (χ1n) is 5.05. The number of benzene rings is 1. The Kier molecular flexibility index (Phi) is 4.91. The van der Waals surface area contributed by atoms with Gasteiger partial charge in [0.1, 0.15) is 23.1 Å². The number of nitrogens with zero attached hydrogens (tertiary/aromatic N) is 1. The van der Waals surface area contributed by atoms with Crippen LogP contribution in [0.4, 0.5) is 22.0 Å². The Morgan fingerprint density at radius 3 is 2.33 bits per heavy atom. The van der Waals surface area contributed by atoms with Crippen molar-refractivity contribution in [1.82, 2.24) is 0 Å². The number of carbonyl (C=O) groups is 1. The second kappa shape index (κ2) is 6.25. The van der Waals surface area contributed by atoms with Gasteiger partial charge < -0.3 is 14.2 Å². The minimum absolute atomic E-state index is 0.440. The summed E-state index contributed by atoms with van der Waals surface area (Å²) in [6.45, 7) is -3.35. The fourth-order valence-corrected chi connectivity index (χ4v) is 1.32. The lowest BCUT2D eigenvalue weighted by Gasteiger charge is -2.14. The summed E-state index contributed by atoms with van der Waals surface area (Å²) in [5.41, 5.74) is -1.48. The standard InChI is InChI=1S/C11H6F5NO4/c1-19-9(18)6-3-7(21-11(14,15)16)5(4-17)2-8(6)20-10(12)13/h2-3,10H,1H3. The molecule has 0 saturated heterocycles. The molecule has 0 amide bonds. The van der Waals surface area contributed by atoms with Gasteiger partial charge in [0.25, 0.3) is 0 Å². The maximum atomic E-state index is 12.2. The van der Waals surface area contributed by atoms with Gasteiger partial charge in [0, 0.05) is 12.1 Å². The molecule has 0 radical (unpaired) electrons. The molecule has 0 spiro atoms. The Morgan fingerprint density at radius 1 is 1.29 bits per heavy atom. The van der Waals surface area contributed by atoms with Gasteiger partial charge in [-0.1, -0.05) is 0 Å². The molecule has 0 fully saturated rings. The van der Waals surface area contributed by atoms with Crippen LogP contribution in [0.2, 0.25) is 0 Å². The SMILES string of the molecule is COC(=O)c1cc(OC(F)(F)F)c(C#N)cc1OC(F)F. The van der Waals surface area contributed by atoms with Gasteiger partial charge in [-0.3, -0.25) is 0 Å². The molecule has 0 saturated carbocycles. The number of carbonyl (C=O) groups excluding carboxylic acids is 1. The summed E-state index contributed by atoms with van der Waals surface area (Å²) in [6, 6.07) is 2.28. The van der Waals surface area contributed by atoms with Crippen LogP contribution in [0.15, 0.2) is 12.1 Å². The highest BCUT2D eigenvalue weighted by Crippen LogP contribution is 2.33. The van der Waals surface area contributed by atoms with Crippen LogP contribution in [0, 0.1) is 11.3 Å². The molecule has 0 bridgehead atoms. The molecular formula is C11H6F5NO4. The Labute approximate surface area is 114 Å². The highest BCUT2D eigenvalue weighted by molar-refractivity contribution is 5.93. The summed E-state index contributed by atoms with van der Waals surface area (Å²) in [5.74, 6) is -3.07. The zero-order valence-corrected chi connectivity index (χ0v) is 10.2. The lowest BCUT2D eigenvalue weighted by molar-refractivity contribution is -0.274. The van der Waals surface area contributed by atoms with Gasteiger partial charge >= 0.3 is 18.9 Å². The first-order chi connectivity index (χ1) is 9.67. The van der Waals surface area contributed by atoms with E-state index in [2.05, 4.69) is 14.2 Å². The third-order valence-corrected chi connectivity index (χ3v) is 2.05. The van der Waals surface area contributed by atoms with Gasteiger partial charge in [-0.25, -0.2) is 4.79 Å². The molecule has 0 atom stereocenters. The maximum Gasteiger partial charge on any atom is 0.573 e. The largest absolute Gasteiger partial charge is 0.573 e. The highest BCUT2D eigenvalue weighted by Gasteiger charge is 2.33. The van der Waals surface area contributed by atoms with E-state index in [1.807, 2.05) is 0 Å².